The van der Waals surface area contributed by atoms with E-state index < -0.39 is 0 Å². The molecule has 96 valence electrons. The number of amides is 1. The lowest BCUT2D eigenvalue weighted by Crippen LogP contribution is -2.39. The molecular weight excluding hydrogens is 202 g/mol. The average Bonchev–Trinajstić information content (AvgIpc) is 2.23. The van der Waals surface area contributed by atoms with Gasteiger partial charge in [0.1, 0.15) is 0 Å². The van der Waals surface area contributed by atoms with Crippen LogP contribution in [0.5, 0.6) is 0 Å². The van der Waals surface area contributed by atoms with Gasteiger partial charge in [-0.3, -0.25) is 9.69 Å². The molecule has 0 aliphatic rings. The van der Waals surface area contributed by atoms with E-state index >= 15 is 0 Å². The molecule has 0 bridgehead atoms. The van der Waals surface area contributed by atoms with Crippen molar-refractivity contribution in [1.82, 2.24) is 9.80 Å². The molecule has 0 saturated carbocycles. The number of nitrogens with two attached hydrogens (primary N) is 1. The predicted molar refractivity (Wildman–Crippen MR) is 68.3 cm³/mol. The molecule has 0 radical (unpaired) electrons. The number of carbonyl (C=O) groups excluding carboxylic acids is 1. The molecule has 0 aromatic rings. The van der Waals surface area contributed by atoms with E-state index in [9.17, 15) is 4.79 Å². The second-order valence-electron chi connectivity index (χ2n) is 5.28. The molecule has 0 fully saturated rings. The third-order valence-electron chi connectivity index (χ3n) is 2.96. The number of carbonyl (C=O) groups is 1. The zero-order chi connectivity index (χ0) is 12.8. The predicted octanol–water partition coefficient (Wildman–Crippen LogP) is 0.772. The minimum Gasteiger partial charge on any atom is -0.348 e. The highest BCUT2D eigenvalue weighted by Gasteiger charge is 2.18. The lowest BCUT2D eigenvalue weighted by Gasteiger charge is -2.28. The van der Waals surface area contributed by atoms with Gasteiger partial charge in [-0.2, -0.15) is 0 Å². The molecule has 2 N–H and O–H groups in total. The smallest absolute Gasteiger partial charge is 0.236 e. The first-order valence-electron chi connectivity index (χ1n) is 5.95. The maximum Gasteiger partial charge on any atom is 0.236 e. The molecule has 0 atom stereocenters. The van der Waals surface area contributed by atoms with Gasteiger partial charge in [0, 0.05) is 14.1 Å². The Morgan fingerprint density at radius 2 is 1.88 bits per heavy atom. The monoisotopic (exact) mass is 229 g/mol. The third kappa shape index (κ3) is 6.08. The van der Waals surface area contributed by atoms with Gasteiger partial charge in [-0.25, -0.2) is 0 Å². The molecule has 1 amide bonds. The summed E-state index contributed by atoms with van der Waals surface area (Å²) in [6, 6.07) is 0. The maximum atomic E-state index is 11.6. The Labute approximate surface area is 99.8 Å². The molecular formula is C12H27N3O. The van der Waals surface area contributed by atoms with E-state index in [1.54, 1.807) is 19.0 Å². The normalized spacial score (nSPS) is 11.9. The van der Waals surface area contributed by atoms with Crippen molar-refractivity contribution in [2.24, 2.45) is 11.1 Å². The average molecular weight is 229 g/mol. The Morgan fingerprint density at radius 3 is 2.25 bits per heavy atom. The SMILES string of the molecule is CCN(CCC(C)(C)CN)CC(=O)N(C)C. The number of rotatable bonds is 7. The van der Waals surface area contributed by atoms with Crippen molar-refractivity contribution in [3.8, 4) is 0 Å². The third-order valence-corrected chi connectivity index (χ3v) is 2.96. The zero-order valence-electron chi connectivity index (χ0n) is 11.4. The van der Waals surface area contributed by atoms with Crippen LogP contribution in [0, 0.1) is 5.41 Å². The molecule has 0 aromatic heterocycles. The molecule has 16 heavy (non-hydrogen) atoms. The van der Waals surface area contributed by atoms with Gasteiger partial charge in [-0.1, -0.05) is 20.8 Å². The van der Waals surface area contributed by atoms with Gasteiger partial charge < -0.3 is 10.6 Å². The number of likely N-dealkylation sites (N-methyl/N-ethyl adjacent to an activating group) is 2. The van der Waals surface area contributed by atoms with Gasteiger partial charge in [0.15, 0.2) is 0 Å². The fraction of sp³-hybridized carbons (Fsp3) is 0.917. The summed E-state index contributed by atoms with van der Waals surface area (Å²) in [5, 5.41) is 0. The Hall–Kier alpha value is -0.610. The van der Waals surface area contributed by atoms with E-state index in [0.717, 1.165) is 19.5 Å². The molecule has 0 rings (SSSR count). The number of hydrogen-bond donors (Lipinski definition) is 1. The fourth-order valence-electron chi connectivity index (χ4n) is 1.24. The van der Waals surface area contributed by atoms with E-state index in [1.165, 1.54) is 0 Å². The second kappa shape index (κ2) is 6.86. The standard InChI is InChI=1S/C12H27N3O/c1-6-15(9-11(16)14(4)5)8-7-12(2,3)10-13/h6-10,13H2,1-5H3. The lowest BCUT2D eigenvalue weighted by atomic mass is 9.89. The summed E-state index contributed by atoms with van der Waals surface area (Å²) in [4.78, 5) is 15.4. The van der Waals surface area contributed by atoms with E-state index in [-0.39, 0.29) is 11.3 Å². The molecule has 0 saturated heterocycles. The van der Waals surface area contributed by atoms with Gasteiger partial charge in [-0.05, 0) is 31.5 Å². The summed E-state index contributed by atoms with van der Waals surface area (Å²) in [6.07, 6.45) is 1.03. The van der Waals surface area contributed by atoms with Crippen LogP contribution in [-0.2, 0) is 4.79 Å². The van der Waals surface area contributed by atoms with Crippen LogP contribution < -0.4 is 5.73 Å². The summed E-state index contributed by atoms with van der Waals surface area (Å²) < 4.78 is 0. The van der Waals surface area contributed by atoms with Crippen LogP contribution in [0.1, 0.15) is 27.2 Å². The molecule has 4 nitrogen and oxygen atoms in total. The summed E-state index contributed by atoms with van der Waals surface area (Å²) in [5.74, 6) is 0.160. The van der Waals surface area contributed by atoms with Crippen LogP contribution in [0.3, 0.4) is 0 Å². The van der Waals surface area contributed by atoms with Crippen LogP contribution >= 0.6 is 0 Å². The Balaban J connectivity index is 4.07. The summed E-state index contributed by atoms with van der Waals surface area (Å²) in [7, 11) is 3.58. The van der Waals surface area contributed by atoms with Gasteiger partial charge in [0.05, 0.1) is 6.54 Å². The minimum atomic E-state index is 0.160. The number of nitrogens with zero attached hydrogens (tertiary/aromatic N) is 2. The first kappa shape index (κ1) is 15.4. The van der Waals surface area contributed by atoms with Crippen molar-refractivity contribution in [1.29, 1.82) is 0 Å². The Kier molecular flexibility index (Phi) is 6.60. The summed E-state index contributed by atoms with van der Waals surface area (Å²) in [5.41, 5.74) is 5.85. The Morgan fingerprint density at radius 1 is 1.31 bits per heavy atom. The largest absolute Gasteiger partial charge is 0.348 e. The highest BCUT2D eigenvalue weighted by molar-refractivity contribution is 5.77. The van der Waals surface area contributed by atoms with Gasteiger partial charge in [-0.15, -0.1) is 0 Å². The van der Waals surface area contributed by atoms with Gasteiger partial charge >= 0.3 is 0 Å². The summed E-state index contributed by atoms with van der Waals surface area (Å²) >= 11 is 0. The molecule has 0 unspecified atom stereocenters. The highest BCUT2D eigenvalue weighted by atomic mass is 16.2. The van der Waals surface area contributed by atoms with Crippen LogP contribution in [0.2, 0.25) is 0 Å². The molecule has 0 heterocycles. The molecule has 4 heteroatoms. The molecule has 0 aliphatic heterocycles. The highest BCUT2D eigenvalue weighted by Crippen LogP contribution is 2.18. The lowest BCUT2D eigenvalue weighted by molar-refractivity contribution is -0.129. The number of hydrogen-bond acceptors (Lipinski definition) is 3. The first-order chi connectivity index (χ1) is 7.32. The zero-order valence-corrected chi connectivity index (χ0v) is 11.4. The van der Waals surface area contributed by atoms with Crippen LogP contribution in [0.15, 0.2) is 0 Å². The van der Waals surface area contributed by atoms with Crippen LogP contribution in [-0.4, -0.2) is 56.0 Å². The van der Waals surface area contributed by atoms with Crippen molar-refractivity contribution in [3.63, 3.8) is 0 Å². The van der Waals surface area contributed by atoms with E-state index in [0.29, 0.717) is 13.1 Å². The topological polar surface area (TPSA) is 49.6 Å². The molecule has 0 aromatic carbocycles. The minimum absolute atomic E-state index is 0.160. The van der Waals surface area contributed by atoms with Crippen molar-refractivity contribution in [2.45, 2.75) is 27.2 Å². The van der Waals surface area contributed by atoms with Crippen LogP contribution in [0.4, 0.5) is 0 Å². The maximum absolute atomic E-state index is 11.6. The van der Waals surface area contributed by atoms with E-state index in [4.69, 9.17) is 5.73 Å². The van der Waals surface area contributed by atoms with Gasteiger partial charge in [0.2, 0.25) is 5.91 Å². The first-order valence-corrected chi connectivity index (χ1v) is 5.95. The van der Waals surface area contributed by atoms with Crippen LogP contribution in [0.25, 0.3) is 0 Å². The summed E-state index contributed by atoms with van der Waals surface area (Å²) in [6.45, 7) is 9.43. The second-order valence-corrected chi connectivity index (χ2v) is 5.28. The van der Waals surface area contributed by atoms with Gasteiger partial charge in [0.25, 0.3) is 0 Å². The van der Waals surface area contributed by atoms with E-state index in [1.807, 2.05) is 0 Å². The Bertz CT molecular complexity index is 214. The van der Waals surface area contributed by atoms with Crippen molar-refractivity contribution in [2.75, 3.05) is 40.3 Å². The van der Waals surface area contributed by atoms with Crippen molar-refractivity contribution >= 4 is 5.91 Å². The molecule has 0 spiro atoms. The molecule has 0 aliphatic carbocycles. The van der Waals surface area contributed by atoms with Crippen molar-refractivity contribution < 1.29 is 4.79 Å². The quantitative estimate of drug-likeness (QED) is 0.701. The van der Waals surface area contributed by atoms with Crippen molar-refractivity contribution in [3.05, 3.63) is 0 Å². The fourth-order valence-corrected chi connectivity index (χ4v) is 1.24. The van der Waals surface area contributed by atoms with E-state index in [2.05, 4.69) is 25.7 Å².